The number of allylic oxidation sites excluding steroid dienone is 1. The van der Waals surface area contributed by atoms with Crippen molar-refractivity contribution in [1.29, 1.82) is 0 Å². The molecule has 4 heteroatoms. The Kier molecular flexibility index (Phi) is 6.47. The van der Waals surface area contributed by atoms with Gasteiger partial charge in [-0.2, -0.15) is 0 Å². The zero-order chi connectivity index (χ0) is 10.1. The average molecular weight is 241 g/mol. The van der Waals surface area contributed by atoms with Crippen LogP contribution in [0.4, 0.5) is 0 Å². The van der Waals surface area contributed by atoms with Crippen molar-refractivity contribution in [2.24, 2.45) is 5.41 Å². The second kappa shape index (κ2) is 6.00. The summed E-state index contributed by atoms with van der Waals surface area (Å²) in [6.45, 7) is 6.33. The summed E-state index contributed by atoms with van der Waals surface area (Å²) in [5.41, 5.74) is 2.50. The number of hydrogen-bond donors (Lipinski definition) is 0. The molecule has 0 N–H and O–H groups in total. The van der Waals surface area contributed by atoms with Crippen molar-refractivity contribution in [3.8, 4) is 0 Å². The van der Waals surface area contributed by atoms with Gasteiger partial charge < -0.3 is 4.55 Å². The minimum Gasteiger partial charge on any atom is -0.772 e. The molecule has 84 valence electrons. The fraction of sp³-hybridized carbons (Fsp3) is 0.800. The number of hydrogen-bond acceptors (Lipinski definition) is 2. The van der Waals surface area contributed by atoms with Gasteiger partial charge in [-0.3, -0.25) is 4.21 Å². The molecular formula is C10H17ArO2S-. The van der Waals surface area contributed by atoms with E-state index in [9.17, 15) is 8.76 Å². The Balaban J connectivity index is 0.00000169. The van der Waals surface area contributed by atoms with Gasteiger partial charge in [0.05, 0.1) is 0 Å². The molecule has 0 saturated heterocycles. The molecule has 0 bridgehead atoms. The van der Waals surface area contributed by atoms with Gasteiger partial charge in [0.15, 0.2) is 0 Å². The predicted octanol–water partition coefficient (Wildman–Crippen LogP) is 2.39. The van der Waals surface area contributed by atoms with Crippen LogP contribution in [-0.4, -0.2) is 14.5 Å². The first kappa shape index (κ1) is 15.1. The maximum atomic E-state index is 10.7. The van der Waals surface area contributed by atoms with Crippen LogP contribution in [-0.2, 0) is 11.1 Å². The third-order valence-corrected chi connectivity index (χ3v) is 3.47. The van der Waals surface area contributed by atoms with Crippen LogP contribution in [0.2, 0.25) is 0 Å². The molecule has 0 saturated carbocycles. The molecule has 0 aromatic carbocycles. The molecule has 1 atom stereocenters. The third-order valence-electron chi connectivity index (χ3n) is 2.95. The Hall–Kier alpha value is 1.11. The van der Waals surface area contributed by atoms with Crippen molar-refractivity contribution in [3.63, 3.8) is 0 Å². The summed E-state index contributed by atoms with van der Waals surface area (Å²) in [7, 11) is 0. The van der Waals surface area contributed by atoms with E-state index in [-0.39, 0.29) is 48.9 Å². The molecule has 1 unspecified atom stereocenters. The van der Waals surface area contributed by atoms with E-state index in [0.29, 0.717) is 0 Å². The minimum absolute atomic E-state index is 0. The molecule has 2 nitrogen and oxygen atoms in total. The van der Waals surface area contributed by atoms with Crippen LogP contribution >= 0.6 is 0 Å². The van der Waals surface area contributed by atoms with E-state index in [1.54, 1.807) is 0 Å². The summed E-state index contributed by atoms with van der Waals surface area (Å²) in [5.74, 6) is 0.221. The molecule has 0 spiro atoms. The van der Waals surface area contributed by atoms with Gasteiger partial charge >= 0.3 is 0 Å². The molecule has 0 fully saturated rings. The third kappa shape index (κ3) is 3.93. The Morgan fingerprint density at radius 1 is 1.50 bits per heavy atom. The van der Waals surface area contributed by atoms with Crippen LogP contribution in [0.3, 0.4) is 0 Å². The topological polar surface area (TPSA) is 40.1 Å². The van der Waals surface area contributed by atoms with Crippen molar-refractivity contribution in [2.75, 3.05) is 5.75 Å². The molecule has 0 aromatic rings. The first-order valence-electron chi connectivity index (χ1n) is 4.68. The quantitative estimate of drug-likeness (QED) is 0.550. The molecule has 0 amide bonds. The second-order valence-electron chi connectivity index (χ2n) is 4.44. The molecule has 1 aliphatic carbocycles. The minimum atomic E-state index is -1.94. The van der Waals surface area contributed by atoms with Gasteiger partial charge in [0, 0.05) is 43.5 Å². The van der Waals surface area contributed by atoms with Crippen LogP contribution < -0.4 is 0 Å². The Labute approximate surface area is 119 Å². The summed E-state index contributed by atoms with van der Waals surface area (Å²) in [6.07, 6.45) is 3.36. The normalized spacial score (nSPS) is 22.9. The van der Waals surface area contributed by atoms with E-state index in [1.165, 1.54) is 12.0 Å². The van der Waals surface area contributed by atoms with Gasteiger partial charge in [0.1, 0.15) is 0 Å². The first-order valence-corrected chi connectivity index (χ1v) is 5.93. The molecule has 1 rings (SSSR count). The van der Waals surface area contributed by atoms with E-state index < -0.39 is 11.1 Å². The van der Waals surface area contributed by atoms with Crippen molar-refractivity contribution < 1.29 is 46.5 Å². The van der Waals surface area contributed by atoms with Gasteiger partial charge in [0.25, 0.3) is 0 Å². The SMILES string of the molecule is CC1=C(CS(=O)[O-])C(C)(C)CCC1.[Ar]. The molecule has 0 radical (unpaired) electrons. The fourth-order valence-electron chi connectivity index (χ4n) is 2.11. The van der Waals surface area contributed by atoms with E-state index >= 15 is 0 Å². The summed E-state index contributed by atoms with van der Waals surface area (Å²) in [6, 6.07) is 0. The standard InChI is InChI=1S/C10H18O2S.Ar/c1-8-5-4-6-10(2,3)9(8)7-13(11)12;/h4-7H2,1-3H3,(H,11,12);/p-1. The van der Waals surface area contributed by atoms with Crippen molar-refractivity contribution in [1.82, 2.24) is 0 Å². The second-order valence-corrected chi connectivity index (χ2v) is 5.34. The van der Waals surface area contributed by atoms with Crippen molar-refractivity contribution >= 4 is 11.1 Å². The molecule has 1 aliphatic rings. The molecule has 0 heterocycles. The van der Waals surface area contributed by atoms with Gasteiger partial charge in [-0.1, -0.05) is 36.1 Å². The summed E-state index contributed by atoms with van der Waals surface area (Å²) >= 11 is -1.94. The zero-order valence-corrected chi connectivity index (χ0v) is 10.4. The van der Waals surface area contributed by atoms with Gasteiger partial charge in [-0.25, -0.2) is 0 Å². The van der Waals surface area contributed by atoms with Gasteiger partial charge in [-0.15, -0.1) is 0 Å². The van der Waals surface area contributed by atoms with Crippen LogP contribution in [0.1, 0.15) is 40.0 Å². The van der Waals surface area contributed by atoms with Crippen LogP contribution in [0.25, 0.3) is 0 Å². The Morgan fingerprint density at radius 3 is 2.50 bits per heavy atom. The monoisotopic (exact) mass is 241 g/mol. The van der Waals surface area contributed by atoms with Crippen LogP contribution in [0, 0.1) is 43.2 Å². The molecular weight excluding hydrogens is 224 g/mol. The predicted molar refractivity (Wildman–Crippen MR) is 54.1 cm³/mol. The van der Waals surface area contributed by atoms with E-state index in [4.69, 9.17) is 0 Å². The maximum Gasteiger partial charge on any atom is 0.0319 e. The summed E-state index contributed by atoms with van der Waals surface area (Å²) in [5, 5.41) is 0. The Bertz CT molecular complexity index is 259. The summed E-state index contributed by atoms with van der Waals surface area (Å²) < 4.78 is 21.3. The van der Waals surface area contributed by atoms with E-state index in [0.717, 1.165) is 18.4 Å². The fourth-order valence-corrected chi connectivity index (χ4v) is 2.98. The number of rotatable bonds is 2. The van der Waals surface area contributed by atoms with Crippen LogP contribution in [0.15, 0.2) is 11.1 Å². The van der Waals surface area contributed by atoms with Gasteiger partial charge in [-0.05, 0) is 31.6 Å². The van der Waals surface area contributed by atoms with Crippen LogP contribution in [0.5, 0.6) is 0 Å². The smallest absolute Gasteiger partial charge is 0.0319 e. The van der Waals surface area contributed by atoms with E-state index in [1.807, 2.05) is 0 Å². The maximum absolute atomic E-state index is 10.7. The zero-order valence-electron chi connectivity index (χ0n) is 8.91. The van der Waals surface area contributed by atoms with Crippen molar-refractivity contribution in [3.05, 3.63) is 11.1 Å². The Morgan fingerprint density at radius 2 is 2.07 bits per heavy atom. The average Bonchev–Trinajstić information content (AvgIpc) is 1.96. The first-order chi connectivity index (χ1) is 5.93. The van der Waals surface area contributed by atoms with E-state index in [2.05, 4.69) is 20.8 Å². The molecule has 14 heavy (non-hydrogen) atoms. The molecule has 0 aromatic heterocycles. The molecule has 0 aliphatic heterocycles. The van der Waals surface area contributed by atoms with Crippen molar-refractivity contribution in [2.45, 2.75) is 40.0 Å². The summed E-state index contributed by atoms with van der Waals surface area (Å²) in [4.78, 5) is 0. The largest absolute Gasteiger partial charge is 0.772 e. The van der Waals surface area contributed by atoms with Gasteiger partial charge in [0.2, 0.25) is 0 Å².